The van der Waals surface area contributed by atoms with Crippen molar-refractivity contribution in [3.63, 3.8) is 0 Å². The summed E-state index contributed by atoms with van der Waals surface area (Å²) in [6.45, 7) is 7.37. The maximum Gasteiger partial charge on any atom is 0.0597 e. The molecule has 0 saturated carbocycles. The molecule has 1 atom stereocenters. The van der Waals surface area contributed by atoms with E-state index in [0.29, 0.717) is 0 Å². The number of pyridine rings is 1. The minimum Gasteiger partial charge on any atom is -0.306 e. The van der Waals surface area contributed by atoms with Gasteiger partial charge in [-0.2, -0.15) is 0 Å². The second-order valence-corrected chi connectivity index (χ2v) is 4.58. The van der Waals surface area contributed by atoms with Crippen LogP contribution in [0.5, 0.6) is 0 Å². The van der Waals surface area contributed by atoms with E-state index in [2.05, 4.69) is 61.4 Å². The van der Waals surface area contributed by atoms with Crippen LogP contribution in [0.2, 0.25) is 0 Å². The minimum atomic E-state index is 0.227. The van der Waals surface area contributed by atoms with Gasteiger partial charge in [-0.25, -0.2) is 0 Å². The summed E-state index contributed by atoms with van der Waals surface area (Å²) in [4.78, 5) is 4.26. The van der Waals surface area contributed by atoms with Gasteiger partial charge in [-0.05, 0) is 48.7 Å². The number of rotatable bonds is 4. The molecule has 0 fully saturated rings. The molecule has 2 rings (SSSR count). The lowest BCUT2D eigenvalue weighted by atomic mass is 9.93. The first-order valence-electron chi connectivity index (χ1n) is 6.43. The first kappa shape index (κ1) is 12.8. The Morgan fingerprint density at radius 3 is 2.44 bits per heavy atom. The van der Waals surface area contributed by atoms with E-state index in [0.717, 1.165) is 6.54 Å². The lowest BCUT2D eigenvalue weighted by Gasteiger charge is -2.22. The van der Waals surface area contributed by atoms with E-state index in [-0.39, 0.29) is 6.04 Å². The highest BCUT2D eigenvalue weighted by atomic mass is 14.9. The SMILES string of the molecule is CCNC(c1ccccc1C)c1cnccc1C. The van der Waals surface area contributed by atoms with Crippen LogP contribution in [-0.4, -0.2) is 11.5 Å². The first-order chi connectivity index (χ1) is 8.74. The molecule has 0 aliphatic rings. The fourth-order valence-corrected chi connectivity index (χ4v) is 2.28. The van der Waals surface area contributed by atoms with Crippen LogP contribution >= 0.6 is 0 Å². The Bertz CT molecular complexity index is 475. The van der Waals surface area contributed by atoms with Crippen LogP contribution in [0, 0.1) is 13.8 Å². The molecule has 0 saturated heterocycles. The monoisotopic (exact) mass is 240 g/mol. The van der Waals surface area contributed by atoms with Crippen molar-refractivity contribution in [1.29, 1.82) is 0 Å². The van der Waals surface area contributed by atoms with Crippen LogP contribution in [0.15, 0.2) is 42.7 Å². The molecule has 0 aliphatic carbocycles. The summed E-state index contributed by atoms with van der Waals surface area (Å²) in [6.07, 6.45) is 3.81. The highest BCUT2D eigenvalue weighted by Crippen LogP contribution is 2.26. The molecule has 1 aromatic heterocycles. The molecule has 0 radical (unpaired) electrons. The van der Waals surface area contributed by atoms with Crippen molar-refractivity contribution in [2.24, 2.45) is 0 Å². The Hall–Kier alpha value is -1.67. The minimum absolute atomic E-state index is 0.227. The number of aromatic nitrogens is 1. The molecule has 1 unspecified atom stereocenters. The Balaban J connectivity index is 2.47. The zero-order valence-corrected chi connectivity index (χ0v) is 11.3. The molecule has 0 amide bonds. The molecule has 0 bridgehead atoms. The Labute approximate surface area is 109 Å². The van der Waals surface area contributed by atoms with Crippen LogP contribution in [0.1, 0.15) is 35.2 Å². The smallest absolute Gasteiger partial charge is 0.0597 e. The summed E-state index contributed by atoms with van der Waals surface area (Å²) >= 11 is 0. The van der Waals surface area contributed by atoms with Gasteiger partial charge in [0.2, 0.25) is 0 Å². The van der Waals surface area contributed by atoms with Gasteiger partial charge in [0.05, 0.1) is 6.04 Å². The average Bonchev–Trinajstić information content (AvgIpc) is 2.38. The van der Waals surface area contributed by atoms with Crippen molar-refractivity contribution >= 4 is 0 Å². The van der Waals surface area contributed by atoms with E-state index in [1.54, 1.807) is 0 Å². The summed E-state index contributed by atoms with van der Waals surface area (Å²) in [5, 5.41) is 3.56. The molecule has 1 heterocycles. The van der Waals surface area contributed by atoms with E-state index >= 15 is 0 Å². The molecule has 0 spiro atoms. The number of benzene rings is 1. The lowest BCUT2D eigenvalue weighted by Crippen LogP contribution is -2.23. The van der Waals surface area contributed by atoms with E-state index in [1.165, 1.54) is 22.3 Å². The van der Waals surface area contributed by atoms with E-state index in [4.69, 9.17) is 0 Å². The highest BCUT2D eigenvalue weighted by molar-refractivity contribution is 5.38. The maximum atomic E-state index is 4.26. The van der Waals surface area contributed by atoms with E-state index in [9.17, 15) is 0 Å². The van der Waals surface area contributed by atoms with Gasteiger partial charge in [-0.15, -0.1) is 0 Å². The van der Waals surface area contributed by atoms with Crippen molar-refractivity contribution < 1.29 is 0 Å². The second kappa shape index (κ2) is 5.78. The largest absolute Gasteiger partial charge is 0.306 e. The maximum absolute atomic E-state index is 4.26. The summed E-state index contributed by atoms with van der Waals surface area (Å²) in [5.41, 5.74) is 5.18. The van der Waals surface area contributed by atoms with Gasteiger partial charge < -0.3 is 5.32 Å². The molecule has 2 heteroatoms. The number of hydrogen-bond donors (Lipinski definition) is 1. The van der Waals surface area contributed by atoms with Crippen LogP contribution in [0.4, 0.5) is 0 Å². The summed E-state index contributed by atoms with van der Waals surface area (Å²) in [6, 6.07) is 10.8. The third kappa shape index (κ3) is 2.59. The van der Waals surface area contributed by atoms with Crippen molar-refractivity contribution in [1.82, 2.24) is 10.3 Å². The summed E-state index contributed by atoms with van der Waals surface area (Å²) in [5.74, 6) is 0. The molecule has 2 nitrogen and oxygen atoms in total. The average molecular weight is 240 g/mol. The Morgan fingerprint density at radius 1 is 1.06 bits per heavy atom. The number of nitrogens with zero attached hydrogens (tertiary/aromatic N) is 1. The summed E-state index contributed by atoms with van der Waals surface area (Å²) in [7, 11) is 0. The highest BCUT2D eigenvalue weighted by Gasteiger charge is 2.16. The zero-order chi connectivity index (χ0) is 13.0. The Morgan fingerprint density at radius 2 is 1.78 bits per heavy atom. The number of aryl methyl sites for hydroxylation is 2. The molecular weight excluding hydrogens is 220 g/mol. The van der Waals surface area contributed by atoms with Crippen molar-refractivity contribution in [2.75, 3.05) is 6.54 Å². The number of nitrogens with one attached hydrogen (secondary N) is 1. The summed E-state index contributed by atoms with van der Waals surface area (Å²) < 4.78 is 0. The fourth-order valence-electron chi connectivity index (χ4n) is 2.28. The lowest BCUT2D eigenvalue weighted by molar-refractivity contribution is 0.622. The third-order valence-electron chi connectivity index (χ3n) is 3.30. The van der Waals surface area contributed by atoms with Crippen LogP contribution in [0.25, 0.3) is 0 Å². The fraction of sp³-hybridized carbons (Fsp3) is 0.312. The molecule has 94 valence electrons. The van der Waals surface area contributed by atoms with Crippen molar-refractivity contribution in [3.05, 3.63) is 65.0 Å². The van der Waals surface area contributed by atoms with Gasteiger partial charge in [0.15, 0.2) is 0 Å². The standard InChI is InChI=1S/C16H20N2/c1-4-18-16(14-8-6-5-7-12(14)2)15-11-17-10-9-13(15)3/h5-11,16,18H,4H2,1-3H3. The van der Waals surface area contributed by atoms with Crippen molar-refractivity contribution in [3.8, 4) is 0 Å². The van der Waals surface area contributed by atoms with Gasteiger partial charge >= 0.3 is 0 Å². The molecule has 1 N–H and O–H groups in total. The second-order valence-electron chi connectivity index (χ2n) is 4.58. The van der Waals surface area contributed by atoms with Crippen LogP contribution in [-0.2, 0) is 0 Å². The van der Waals surface area contributed by atoms with E-state index < -0.39 is 0 Å². The normalized spacial score (nSPS) is 12.4. The van der Waals surface area contributed by atoms with Gasteiger partial charge in [-0.1, -0.05) is 31.2 Å². The molecule has 0 aliphatic heterocycles. The molecule has 2 aromatic rings. The first-order valence-corrected chi connectivity index (χ1v) is 6.43. The quantitative estimate of drug-likeness (QED) is 0.886. The predicted molar refractivity (Wildman–Crippen MR) is 75.7 cm³/mol. The topological polar surface area (TPSA) is 24.9 Å². The number of hydrogen-bond acceptors (Lipinski definition) is 2. The van der Waals surface area contributed by atoms with E-state index in [1.807, 2.05) is 12.4 Å². The zero-order valence-electron chi connectivity index (χ0n) is 11.3. The molecule has 1 aromatic carbocycles. The Kier molecular flexibility index (Phi) is 4.11. The third-order valence-corrected chi connectivity index (χ3v) is 3.30. The predicted octanol–water partition coefficient (Wildman–Crippen LogP) is 3.40. The van der Waals surface area contributed by atoms with Crippen LogP contribution in [0.3, 0.4) is 0 Å². The van der Waals surface area contributed by atoms with Gasteiger partial charge in [-0.3, -0.25) is 4.98 Å². The molecule has 18 heavy (non-hydrogen) atoms. The van der Waals surface area contributed by atoms with Crippen molar-refractivity contribution in [2.45, 2.75) is 26.8 Å². The van der Waals surface area contributed by atoms with Gasteiger partial charge in [0.25, 0.3) is 0 Å². The van der Waals surface area contributed by atoms with Gasteiger partial charge in [0.1, 0.15) is 0 Å². The van der Waals surface area contributed by atoms with Crippen LogP contribution < -0.4 is 5.32 Å². The molecular formula is C16H20N2. The van der Waals surface area contributed by atoms with Gasteiger partial charge in [0, 0.05) is 12.4 Å².